The van der Waals surface area contributed by atoms with Crippen LogP contribution in [0.1, 0.15) is 13.8 Å². The highest BCUT2D eigenvalue weighted by Gasteiger charge is 2.21. The van der Waals surface area contributed by atoms with Crippen LogP contribution in [0.25, 0.3) is 0 Å². The Labute approximate surface area is 112 Å². The van der Waals surface area contributed by atoms with Crippen LogP contribution < -0.4 is 10.1 Å². The second-order valence-corrected chi connectivity index (χ2v) is 4.98. The van der Waals surface area contributed by atoms with Gasteiger partial charge in [-0.25, -0.2) is 0 Å². The van der Waals surface area contributed by atoms with Gasteiger partial charge in [-0.3, -0.25) is 0 Å². The van der Waals surface area contributed by atoms with E-state index in [1.807, 2.05) is 6.92 Å². The van der Waals surface area contributed by atoms with Gasteiger partial charge in [0.2, 0.25) is 0 Å². The standard InChI is InChI=1S/C12H17Cl2NO2/c1-3-15-7-12(2,16)8-17-11-6-9(13)4-5-10(11)14/h4-6,15-16H,3,7-8H2,1-2H3. The number of likely N-dealkylation sites (N-methyl/N-ethyl adjacent to an activating group) is 1. The molecule has 0 aliphatic rings. The zero-order chi connectivity index (χ0) is 12.9. The van der Waals surface area contributed by atoms with Gasteiger partial charge in [-0.1, -0.05) is 30.1 Å². The van der Waals surface area contributed by atoms with Crippen molar-refractivity contribution in [2.75, 3.05) is 19.7 Å². The van der Waals surface area contributed by atoms with Crippen molar-refractivity contribution >= 4 is 23.2 Å². The Bertz CT molecular complexity index is 370. The first-order valence-electron chi connectivity index (χ1n) is 5.45. The molecule has 0 aromatic heterocycles. The number of benzene rings is 1. The van der Waals surface area contributed by atoms with E-state index in [2.05, 4.69) is 5.32 Å². The minimum absolute atomic E-state index is 0.153. The van der Waals surface area contributed by atoms with Gasteiger partial charge in [-0.15, -0.1) is 0 Å². The molecule has 0 fully saturated rings. The smallest absolute Gasteiger partial charge is 0.139 e. The predicted octanol–water partition coefficient (Wildman–Crippen LogP) is 2.73. The number of hydrogen-bond donors (Lipinski definition) is 2. The molecule has 0 heterocycles. The number of hydrogen-bond acceptors (Lipinski definition) is 3. The van der Waals surface area contributed by atoms with Crippen LogP contribution in [0.4, 0.5) is 0 Å². The molecule has 0 spiro atoms. The summed E-state index contributed by atoms with van der Waals surface area (Å²) in [5.74, 6) is 0.482. The summed E-state index contributed by atoms with van der Waals surface area (Å²) in [7, 11) is 0. The van der Waals surface area contributed by atoms with Gasteiger partial charge in [-0.2, -0.15) is 0 Å². The number of nitrogens with one attached hydrogen (secondary N) is 1. The molecule has 0 aliphatic heterocycles. The minimum Gasteiger partial charge on any atom is -0.489 e. The molecule has 1 aromatic rings. The molecule has 0 saturated heterocycles. The second-order valence-electron chi connectivity index (χ2n) is 4.14. The van der Waals surface area contributed by atoms with E-state index in [-0.39, 0.29) is 6.61 Å². The SMILES string of the molecule is CCNCC(C)(O)COc1cc(Cl)ccc1Cl. The summed E-state index contributed by atoms with van der Waals surface area (Å²) in [4.78, 5) is 0. The van der Waals surface area contributed by atoms with Crippen molar-refractivity contribution < 1.29 is 9.84 Å². The number of ether oxygens (including phenoxy) is 1. The normalized spacial score (nSPS) is 14.4. The molecule has 0 aliphatic carbocycles. The first-order valence-corrected chi connectivity index (χ1v) is 6.21. The molecule has 1 rings (SSSR count). The summed E-state index contributed by atoms with van der Waals surface area (Å²) < 4.78 is 5.47. The van der Waals surface area contributed by atoms with Gasteiger partial charge >= 0.3 is 0 Å². The van der Waals surface area contributed by atoms with Crippen LogP contribution in [-0.2, 0) is 0 Å². The summed E-state index contributed by atoms with van der Waals surface area (Å²) in [6.45, 7) is 5.09. The zero-order valence-electron chi connectivity index (χ0n) is 9.96. The Morgan fingerprint density at radius 3 is 2.76 bits per heavy atom. The molecule has 3 nitrogen and oxygen atoms in total. The van der Waals surface area contributed by atoms with E-state index < -0.39 is 5.60 Å². The first kappa shape index (κ1) is 14.6. The maximum atomic E-state index is 10.0. The number of halogens is 2. The van der Waals surface area contributed by atoms with Crippen LogP contribution in [0.15, 0.2) is 18.2 Å². The van der Waals surface area contributed by atoms with Gasteiger partial charge < -0.3 is 15.2 Å². The van der Waals surface area contributed by atoms with Crippen molar-refractivity contribution in [3.8, 4) is 5.75 Å². The summed E-state index contributed by atoms with van der Waals surface area (Å²) in [6, 6.07) is 4.99. The Hall–Kier alpha value is -0.480. The topological polar surface area (TPSA) is 41.5 Å². The van der Waals surface area contributed by atoms with E-state index in [0.29, 0.717) is 22.3 Å². The molecule has 5 heteroatoms. The van der Waals surface area contributed by atoms with Gasteiger partial charge in [0.15, 0.2) is 0 Å². The first-order chi connectivity index (χ1) is 7.94. The van der Waals surface area contributed by atoms with E-state index in [1.165, 1.54) is 0 Å². The van der Waals surface area contributed by atoms with Crippen LogP contribution in [0, 0.1) is 0 Å². The molecule has 0 bridgehead atoms. The minimum atomic E-state index is -0.943. The molecular formula is C12H17Cl2NO2. The summed E-state index contributed by atoms with van der Waals surface area (Å²) in [5, 5.41) is 14.1. The fourth-order valence-electron chi connectivity index (χ4n) is 1.27. The monoisotopic (exact) mass is 277 g/mol. The fraction of sp³-hybridized carbons (Fsp3) is 0.500. The lowest BCUT2D eigenvalue weighted by atomic mass is 10.1. The van der Waals surface area contributed by atoms with Crippen molar-refractivity contribution in [1.82, 2.24) is 5.32 Å². The average Bonchev–Trinajstić information content (AvgIpc) is 2.28. The summed E-state index contributed by atoms with van der Waals surface area (Å²) in [6.07, 6.45) is 0. The molecular weight excluding hydrogens is 261 g/mol. The van der Waals surface area contributed by atoms with Crippen LogP contribution >= 0.6 is 23.2 Å². The van der Waals surface area contributed by atoms with E-state index in [4.69, 9.17) is 27.9 Å². The maximum absolute atomic E-state index is 10.0. The van der Waals surface area contributed by atoms with Gasteiger partial charge in [0.25, 0.3) is 0 Å². The van der Waals surface area contributed by atoms with Gasteiger partial charge in [0.05, 0.1) is 5.02 Å². The lowest BCUT2D eigenvalue weighted by Gasteiger charge is -2.24. The average molecular weight is 278 g/mol. The van der Waals surface area contributed by atoms with Crippen molar-refractivity contribution in [3.63, 3.8) is 0 Å². The third kappa shape index (κ3) is 5.13. The fourth-order valence-corrected chi connectivity index (χ4v) is 1.60. The van der Waals surface area contributed by atoms with Crippen LogP contribution in [0.2, 0.25) is 10.0 Å². The third-order valence-corrected chi connectivity index (χ3v) is 2.74. The number of rotatable bonds is 6. The van der Waals surface area contributed by atoms with Crippen molar-refractivity contribution in [2.45, 2.75) is 19.4 Å². The number of aliphatic hydroxyl groups is 1. The van der Waals surface area contributed by atoms with E-state index >= 15 is 0 Å². The highest BCUT2D eigenvalue weighted by Crippen LogP contribution is 2.28. The Morgan fingerprint density at radius 2 is 2.12 bits per heavy atom. The lowest BCUT2D eigenvalue weighted by Crippen LogP contribution is -2.42. The molecule has 96 valence electrons. The van der Waals surface area contributed by atoms with E-state index in [0.717, 1.165) is 6.54 Å². The van der Waals surface area contributed by atoms with Crippen LogP contribution in [0.5, 0.6) is 5.75 Å². The molecule has 1 aromatic carbocycles. The molecule has 2 N–H and O–H groups in total. The van der Waals surface area contributed by atoms with Crippen molar-refractivity contribution in [1.29, 1.82) is 0 Å². The molecule has 0 saturated carbocycles. The maximum Gasteiger partial charge on any atom is 0.139 e. The highest BCUT2D eigenvalue weighted by molar-refractivity contribution is 6.34. The van der Waals surface area contributed by atoms with Gasteiger partial charge in [0, 0.05) is 17.6 Å². The van der Waals surface area contributed by atoms with Gasteiger partial charge in [-0.05, 0) is 25.6 Å². The summed E-state index contributed by atoms with van der Waals surface area (Å²) in [5.41, 5.74) is -0.943. The van der Waals surface area contributed by atoms with Crippen LogP contribution in [0.3, 0.4) is 0 Å². The molecule has 1 atom stereocenters. The second kappa shape index (κ2) is 6.45. The molecule has 17 heavy (non-hydrogen) atoms. The molecule has 1 unspecified atom stereocenters. The Morgan fingerprint density at radius 1 is 1.41 bits per heavy atom. The highest BCUT2D eigenvalue weighted by atomic mass is 35.5. The quantitative estimate of drug-likeness (QED) is 0.840. The van der Waals surface area contributed by atoms with Crippen molar-refractivity contribution in [2.24, 2.45) is 0 Å². The molecule has 0 amide bonds. The zero-order valence-corrected chi connectivity index (χ0v) is 11.5. The molecule has 0 radical (unpaired) electrons. The summed E-state index contributed by atoms with van der Waals surface area (Å²) >= 11 is 11.8. The lowest BCUT2D eigenvalue weighted by molar-refractivity contribution is 0.0128. The Kier molecular flexibility index (Phi) is 5.53. The van der Waals surface area contributed by atoms with Crippen LogP contribution in [-0.4, -0.2) is 30.4 Å². The Balaban J connectivity index is 2.57. The van der Waals surface area contributed by atoms with E-state index in [1.54, 1.807) is 25.1 Å². The predicted molar refractivity (Wildman–Crippen MR) is 71.1 cm³/mol. The largest absolute Gasteiger partial charge is 0.489 e. The van der Waals surface area contributed by atoms with Crippen molar-refractivity contribution in [3.05, 3.63) is 28.2 Å². The van der Waals surface area contributed by atoms with Gasteiger partial charge in [0.1, 0.15) is 18.0 Å². The third-order valence-electron chi connectivity index (χ3n) is 2.19. The van der Waals surface area contributed by atoms with E-state index in [9.17, 15) is 5.11 Å².